The van der Waals surface area contributed by atoms with Gasteiger partial charge in [-0.1, -0.05) is 19.9 Å². The van der Waals surface area contributed by atoms with E-state index in [2.05, 4.69) is 9.88 Å². The summed E-state index contributed by atoms with van der Waals surface area (Å²) in [6, 6.07) is 11.6. The maximum Gasteiger partial charge on any atom is 0.277 e. The molecule has 9 heteroatoms. The average molecular weight is 435 g/mol. The predicted molar refractivity (Wildman–Crippen MR) is 120 cm³/mol. The van der Waals surface area contributed by atoms with Gasteiger partial charge >= 0.3 is 0 Å². The Morgan fingerprint density at radius 3 is 2.19 bits per heavy atom. The Morgan fingerprint density at radius 1 is 0.969 bits per heavy atom. The second kappa shape index (κ2) is 8.78. The number of hydrogen-bond donors (Lipinski definition) is 0. The third-order valence-corrected chi connectivity index (χ3v) is 5.63. The number of rotatable bonds is 6. The van der Waals surface area contributed by atoms with Crippen LogP contribution in [0.4, 0.5) is 11.5 Å². The fourth-order valence-electron chi connectivity index (χ4n) is 4.10. The van der Waals surface area contributed by atoms with Crippen molar-refractivity contribution in [3.05, 3.63) is 70.0 Å². The van der Waals surface area contributed by atoms with Crippen molar-refractivity contribution in [3.8, 4) is 0 Å². The molecule has 0 aliphatic carbocycles. The molecule has 2 aliphatic rings. The molecule has 0 atom stereocenters. The molecule has 166 valence electrons. The van der Waals surface area contributed by atoms with Crippen LogP contribution in [0.3, 0.4) is 0 Å². The number of anilines is 1. The van der Waals surface area contributed by atoms with Gasteiger partial charge in [0.05, 0.1) is 10.5 Å². The number of carbonyl (C=O) groups excluding carboxylic acids is 2. The van der Waals surface area contributed by atoms with Gasteiger partial charge in [-0.15, -0.1) is 0 Å². The summed E-state index contributed by atoms with van der Waals surface area (Å²) in [6.07, 6.45) is 1.75. The molecule has 2 aromatic rings. The lowest BCUT2D eigenvalue weighted by Gasteiger charge is -2.37. The van der Waals surface area contributed by atoms with Crippen LogP contribution in [0, 0.1) is 16.0 Å². The number of piperazine rings is 1. The van der Waals surface area contributed by atoms with Gasteiger partial charge in [0.1, 0.15) is 11.5 Å². The van der Waals surface area contributed by atoms with Gasteiger partial charge in [0, 0.05) is 51.1 Å². The smallest absolute Gasteiger partial charge is 0.277 e. The average Bonchev–Trinajstić information content (AvgIpc) is 3.04. The monoisotopic (exact) mass is 435 g/mol. The first kappa shape index (κ1) is 21.5. The van der Waals surface area contributed by atoms with Crippen LogP contribution in [-0.4, -0.2) is 64.2 Å². The van der Waals surface area contributed by atoms with Crippen LogP contribution in [0.25, 0.3) is 5.57 Å². The van der Waals surface area contributed by atoms with Crippen molar-refractivity contribution in [1.82, 2.24) is 14.8 Å². The van der Waals surface area contributed by atoms with Crippen molar-refractivity contribution < 1.29 is 14.5 Å². The SMILES string of the molecule is CC(C)CN1C(=O)C(c2ccc([N+](=O)[O-])cc2)=C(N2CCN(c3ccccn3)CC2)C1=O. The number of carbonyl (C=O) groups is 2. The number of nitro groups is 1. The molecular weight excluding hydrogens is 410 g/mol. The highest BCUT2D eigenvalue weighted by Crippen LogP contribution is 2.33. The quantitative estimate of drug-likeness (QED) is 0.390. The standard InChI is InChI=1S/C23H25N5O4/c1-16(2)15-27-22(29)20(17-6-8-18(9-7-17)28(31)32)21(23(27)30)26-13-11-25(12-14-26)19-5-3-4-10-24-19/h3-10,16H,11-15H2,1-2H3. The minimum absolute atomic E-state index is 0.0596. The molecule has 1 saturated heterocycles. The van der Waals surface area contributed by atoms with E-state index in [0.717, 1.165) is 5.82 Å². The summed E-state index contributed by atoms with van der Waals surface area (Å²) in [5, 5.41) is 11.0. The molecule has 2 amide bonds. The molecule has 0 spiro atoms. The number of nitro benzene ring substituents is 1. The van der Waals surface area contributed by atoms with Gasteiger partial charge in [-0.25, -0.2) is 4.98 Å². The number of amides is 2. The number of non-ortho nitro benzene ring substituents is 1. The minimum Gasteiger partial charge on any atom is -0.363 e. The highest BCUT2D eigenvalue weighted by Gasteiger charge is 2.42. The van der Waals surface area contributed by atoms with E-state index in [1.54, 1.807) is 18.3 Å². The Morgan fingerprint density at radius 2 is 1.62 bits per heavy atom. The maximum absolute atomic E-state index is 13.3. The van der Waals surface area contributed by atoms with Gasteiger partial charge in [0.15, 0.2) is 0 Å². The van der Waals surface area contributed by atoms with E-state index in [1.165, 1.54) is 17.0 Å². The Hall–Kier alpha value is -3.75. The fourth-order valence-corrected chi connectivity index (χ4v) is 4.10. The number of aromatic nitrogens is 1. The summed E-state index contributed by atoms with van der Waals surface area (Å²) in [5.74, 6) is 0.358. The van der Waals surface area contributed by atoms with Crippen molar-refractivity contribution in [1.29, 1.82) is 0 Å². The summed E-state index contributed by atoms with van der Waals surface area (Å²) in [6.45, 7) is 6.70. The van der Waals surface area contributed by atoms with Gasteiger partial charge < -0.3 is 9.80 Å². The normalized spacial score (nSPS) is 17.0. The lowest BCUT2D eigenvalue weighted by molar-refractivity contribution is -0.384. The lowest BCUT2D eigenvalue weighted by atomic mass is 10.0. The Kier molecular flexibility index (Phi) is 5.89. The van der Waals surface area contributed by atoms with Crippen LogP contribution in [0.5, 0.6) is 0 Å². The van der Waals surface area contributed by atoms with E-state index in [-0.39, 0.29) is 23.4 Å². The summed E-state index contributed by atoms with van der Waals surface area (Å²) in [7, 11) is 0. The van der Waals surface area contributed by atoms with Crippen LogP contribution in [0.2, 0.25) is 0 Å². The number of imide groups is 1. The van der Waals surface area contributed by atoms with Crippen molar-refractivity contribution >= 4 is 28.9 Å². The largest absolute Gasteiger partial charge is 0.363 e. The number of benzene rings is 1. The minimum atomic E-state index is -0.484. The summed E-state index contributed by atoms with van der Waals surface area (Å²) < 4.78 is 0. The van der Waals surface area contributed by atoms with Gasteiger partial charge in [0.2, 0.25) is 0 Å². The van der Waals surface area contributed by atoms with Crippen LogP contribution in [0.1, 0.15) is 19.4 Å². The van der Waals surface area contributed by atoms with Crippen LogP contribution in [0.15, 0.2) is 54.4 Å². The van der Waals surface area contributed by atoms with Crippen molar-refractivity contribution in [3.63, 3.8) is 0 Å². The molecule has 0 N–H and O–H groups in total. The molecule has 1 aromatic heterocycles. The molecule has 32 heavy (non-hydrogen) atoms. The third kappa shape index (κ3) is 4.05. The molecule has 0 saturated carbocycles. The zero-order valence-corrected chi connectivity index (χ0v) is 18.1. The van der Waals surface area contributed by atoms with Gasteiger partial charge in [0.25, 0.3) is 17.5 Å². The molecule has 0 unspecified atom stereocenters. The number of pyridine rings is 1. The molecule has 4 rings (SSSR count). The van der Waals surface area contributed by atoms with E-state index in [1.807, 2.05) is 36.9 Å². The highest BCUT2D eigenvalue weighted by molar-refractivity contribution is 6.35. The molecule has 0 bridgehead atoms. The van der Waals surface area contributed by atoms with Gasteiger partial charge in [-0.05, 0) is 35.7 Å². The second-order valence-electron chi connectivity index (χ2n) is 8.30. The molecule has 2 aliphatic heterocycles. The molecule has 0 radical (unpaired) electrons. The highest BCUT2D eigenvalue weighted by atomic mass is 16.6. The molecule has 3 heterocycles. The molecule has 9 nitrogen and oxygen atoms in total. The summed E-state index contributed by atoms with van der Waals surface area (Å²) in [5.41, 5.74) is 1.15. The third-order valence-electron chi connectivity index (χ3n) is 5.63. The van der Waals surface area contributed by atoms with E-state index < -0.39 is 4.92 Å². The van der Waals surface area contributed by atoms with Crippen LogP contribution >= 0.6 is 0 Å². The van der Waals surface area contributed by atoms with Crippen LogP contribution in [-0.2, 0) is 9.59 Å². The van der Waals surface area contributed by atoms with E-state index >= 15 is 0 Å². The van der Waals surface area contributed by atoms with Gasteiger partial charge in [-0.2, -0.15) is 0 Å². The van der Waals surface area contributed by atoms with Crippen molar-refractivity contribution in [2.24, 2.45) is 5.92 Å². The van der Waals surface area contributed by atoms with Crippen molar-refractivity contribution in [2.75, 3.05) is 37.6 Å². The van der Waals surface area contributed by atoms with Crippen LogP contribution < -0.4 is 4.90 Å². The molecule has 1 fully saturated rings. The van der Waals surface area contributed by atoms with E-state index in [4.69, 9.17) is 0 Å². The van der Waals surface area contributed by atoms with Gasteiger partial charge in [-0.3, -0.25) is 24.6 Å². The predicted octanol–water partition coefficient (Wildman–Crippen LogP) is 2.55. The first-order valence-electron chi connectivity index (χ1n) is 10.6. The fraction of sp³-hybridized carbons (Fsp3) is 0.348. The Bertz CT molecular complexity index is 1060. The summed E-state index contributed by atoms with van der Waals surface area (Å²) in [4.78, 5) is 46.9. The zero-order valence-electron chi connectivity index (χ0n) is 18.1. The summed E-state index contributed by atoms with van der Waals surface area (Å²) >= 11 is 0. The van der Waals surface area contributed by atoms with E-state index in [0.29, 0.717) is 49.6 Å². The van der Waals surface area contributed by atoms with Crippen molar-refractivity contribution in [2.45, 2.75) is 13.8 Å². The molecular formula is C23H25N5O4. The lowest BCUT2D eigenvalue weighted by Crippen LogP contribution is -2.48. The Balaban J connectivity index is 1.65. The topological polar surface area (TPSA) is 99.9 Å². The first-order chi connectivity index (χ1) is 15.4. The first-order valence-corrected chi connectivity index (χ1v) is 10.6. The maximum atomic E-state index is 13.3. The second-order valence-corrected chi connectivity index (χ2v) is 8.30. The zero-order chi connectivity index (χ0) is 22.8. The molecule has 1 aromatic carbocycles. The Labute approximate surface area is 186 Å². The number of nitrogens with zero attached hydrogens (tertiary/aromatic N) is 5. The number of hydrogen-bond acceptors (Lipinski definition) is 7. The van der Waals surface area contributed by atoms with E-state index in [9.17, 15) is 19.7 Å².